The van der Waals surface area contributed by atoms with Crippen molar-refractivity contribution in [2.45, 2.75) is 12.6 Å². The van der Waals surface area contributed by atoms with E-state index < -0.39 is 28.8 Å². The number of halogens is 3. The number of carboxylic acids is 1. The maximum Gasteiger partial charge on any atom is 0.346 e. The van der Waals surface area contributed by atoms with Gasteiger partial charge in [-0.3, -0.25) is 0 Å². The molecule has 22 heavy (non-hydrogen) atoms. The Bertz CT molecular complexity index is 917. The topological polar surface area (TPSA) is 37.3 Å². The molecule has 0 aliphatic carbocycles. The van der Waals surface area contributed by atoms with Gasteiger partial charge in [0.25, 0.3) is 0 Å². The summed E-state index contributed by atoms with van der Waals surface area (Å²) in [5.41, 5.74) is -4.23. The van der Waals surface area contributed by atoms with Crippen molar-refractivity contribution in [3.05, 3.63) is 59.7 Å². The zero-order valence-electron chi connectivity index (χ0n) is 11.5. The number of aliphatic carboxylic acids is 1. The number of carboxylic acid groups (broad SMARTS) is 1. The first-order valence-electron chi connectivity index (χ1n) is 6.56. The van der Waals surface area contributed by atoms with Crippen LogP contribution in [0.4, 0.5) is 13.2 Å². The van der Waals surface area contributed by atoms with E-state index in [0.717, 1.165) is 11.5 Å². The van der Waals surface area contributed by atoms with Crippen LogP contribution in [0.1, 0.15) is 12.5 Å². The van der Waals surface area contributed by atoms with E-state index in [1.54, 1.807) is 30.3 Å². The first kappa shape index (κ1) is 14.4. The maximum absolute atomic E-state index is 14.6. The van der Waals surface area contributed by atoms with E-state index in [2.05, 4.69) is 0 Å². The van der Waals surface area contributed by atoms with E-state index in [1.165, 1.54) is 6.07 Å². The van der Waals surface area contributed by atoms with Crippen LogP contribution < -0.4 is 0 Å². The highest BCUT2D eigenvalue weighted by Gasteiger charge is 2.41. The molecule has 0 aliphatic heterocycles. The number of fused-ring (bicyclic) bond motifs is 3. The first-order chi connectivity index (χ1) is 10.3. The van der Waals surface area contributed by atoms with Gasteiger partial charge in [0.15, 0.2) is 0 Å². The van der Waals surface area contributed by atoms with Crippen LogP contribution in [-0.4, -0.2) is 11.1 Å². The van der Waals surface area contributed by atoms with Crippen LogP contribution >= 0.6 is 0 Å². The second-order valence-electron chi connectivity index (χ2n) is 5.24. The fourth-order valence-electron chi connectivity index (χ4n) is 2.62. The maximum atomic E-state index is 14.6. The second-order valence-corrected chi connectivity index (χ2v) is 5.24. The zero-order valence-corrected chi connectivity index (χ0v) is 11.5. The van der Waals surface area contributed by atoms with Gasteiger partial charge in [0, 0.05) is 5.39 Å². The quantitative estimate of drug-likeness (QED) is 0.706. The first-order valence-corrected chi connectivity index (χ1v) is 6.56. The van der Waals surface area contributed by atoms with Crippen molar-refractivity contribution < 1.29 is 23.1 Å². The van der Waals surface area contributed by atoms with Crippen LogP contribution in [0.2, 0.25) is 0 Å². The molecule has 1 atom stereocenters. The molecule has 0 aliphatic rings. The molecule has 0 heterocycles. The number of rotatable bonds is 2. The Balaban J connectivity index is 2.45. The van der Waals surface area contributed by atoms with E-state index in [4.69, 9.17) is 5.11 Å². The van der Waals surface area contributed by atoms with Gasteiger partial charge in [0.2, 0.25) is 5.67 Å². The van der Waals surface area contributed by atoms with Crippen LogP contribution in [0, 0.1) is 11.6 Å². The van der Waals surface area contributed by atoms with Gasteiger partial charge in [-0.25, -0.2) is 18.0 Å². The van der Waals surface area contributed by atoms with Crippen LogP contribution in [0.15, 0.2) is 42.5 Å². The minimum absolute atomic E-state index is 0.0137. The highest BCUT2D eigenvalue weighted by atomic mass is 19.2. The smallest absolute Gasteiger partial charge is 0.346 e. The summed E-state index contributed by atoms with van der Waals surface area (Å²) in [5, 5.41) is 10.5. The van der Waals surface area contributed by atoms with Gasteiger partial charge in [-0.2, -0.15) is 0 Å². The highest BCUT2D eigenvalue weighted by molar-refractivity contribution is 6.08. The number of carbonyl (C=O) groups is 1. The lowest BCUT2D eigenvalue weighted by Gasteiger charge is -2.18. The van der Waals surface area contributed by atoms with Gasteiger partial charge >= 0.3 is 5.97 Å². The predicted molar refractivity (Wildman–Crippen MR) is 77.5 cm³/mol. The third-order valence-electron chi connectivity index (χ3n) is 3.81. The molecule has 0 aromatic heterocycles. The molecule has 0 fully saturated rings. The normalized spacial score (nSPS) is 14.2. The zero-order chi connectivity index (χ0) is 16.1. The standard InChI is InChI=1S/C17H11F3O2/c1-17(20,16(21)22)14-13(18)8-12-10-5-3-2-4-9(10)6-7-11(12)15(14)19/h2-8H,1H3,(H,21,22). The lowest BCUT2D eigenvalue weighted by molar-refractivity contribution is -0.150. The molecule has 0 saturated heterocycles. The molecule has 0 saturated carbocycles. The SMILES string of the molecule is CC(F)(C(=O)O)c1c(F)cc2c(ccc3ccccc32)c1F. The molecular weight excluding hydrogens is 293 g/mol. The van der Waals surface area contributed by atoms with Crippen LogP contribution in [-0.2, 0) is 10.5 Å². The summed E-state index contributed by atoms with van der Waals surface area (Å²) >= 11 is 0. The van der Waals surface area contributed by atoms with E-state index in [0.29, 0.717) is 12.3 Å². The predicted octanol–water partition coefficient (Wildman–Crippen LogP) is 4.54. The van der Waals surface area contributed by atoms with Gasteiger partial charge in [0.05, 0.1) is 5.56 Å². The van der Waals surface area contributed by atoms with E-state index in [9.17, 15) is 18.0 Å². The summed E-state index contributed by atoms with van der Waals surface area (Å²) in [4.78, 5) is 11.0. The molecule has 3 aromatic rings. The van der Waals surface area contributed by atoms with Gasteiger partial charge < -0.3 is 5.11 Å². The molecular formula is C17H11F3O2. The van der Waals surface area contributed by atoms with E-state index >= 15 is 0 Å². The average molecular weight is 304 g/mol. The van der Waals surface area contributed by atoms with Crippen LogP contribution in [0.5, 0.6) is 0 Å². The lowest BCUT2D eigenvalue weighted by Crippen LogP contribution is -2.29. The van der Waals surface area contributed by atoms with Crippen LogP contribution in [0.3, 0.4) is 0 Å². The van der Waals surface area contributed by atoms with Crippen LogP contribution in [0.25, 0.3) is 21.5 Å². The minimum atomic E-state index is -3.14. The molecule has 1 unspecified atom stereocenters. The van der Waals surface area contributed by atoms with Crippen molar-refractivity contribution in [3.63, 3.8) is 0 Å². The number of alkyl halides is 1. The van der Waals surface area contributed by atoms with E-state index in [-0.39, 0.29) is 10.8 Å². The molecule has 5 heteroatoms. The Morgan fingerprint density at radius 2 is 1.73 bits per heavy atom. The molecule has 0 radical (unpaired) electrons. The van der Waals surface area contributed by atoms with Gasteiger partial charge in [0.1, 0.15) is 11.6 Å². The van der Waals surface area contributed by atoms with Gasteiger partial charge in [-0.1, -0.05) is 36.4 Å². The average Bonchev–Trinajstić information content (AvgIpc) is 2.46. The summed E-state index contributed by atoms with van der Waals surface area (Å²) in [6.07, 6.45) is 0. The minimum Gasteiger partial charge on any atom is -0.479 e. The number of hydrogen-bond acceptors (Lipinski definition) is 1. The van der Waals surface area contributed by atoms with Crippen molar-refractivity contribution in [1.82, 2.24) is 0 Å². The molecule has 3 aromatic carbocycles. The summed E-state index contributed by atoms with van der Waals surface area (Å²) in [7, 11) is 0. The summed E-state index contributed by atoms with van der Waals surface area (Å²) in [6, 6.07) is 11.0. The lowest BCUT2D eigenvalue weighted by atomic mass is 9.92. The fourth-order valence-corrected chi connectivity index (χ4v) is 2.62. The highest BCUT2D eigenvalue weighted by Crippen LogP contribution is 2.36. The Kier molecular flexibility index (Phi) is 3.09. The molecule has 0 bridgehead atoms. The molecule has 112 valence electrons. The van der Waals surface area contributed by atoms with Crippen molar-refractivity contribution in [1.29, 1.82) is 0 Å². The fraction of sp³-hybridized carbons (Fsp3) is 0.118. The second kappa shape index (κ2) is 4.73. The molecule has 0 spiro atoms. The summed E-state index contributed by atoms with van der Waals surface area (Å²) < 4.78 is 43.0. The Morgan fingerprint density at radius 1 is 1.05 bits per heavy atom. The number of hydrogen-bond donors (Lipinski definition) is 1. The largest absolute Gasteiger partial charge is 0.479 e. The third-order valence-corrected chi connectivity index (χ3v) is 3.81. The van der Waals surface area contributed by atoms with Gasteiger partial charge in [-0.15, -0.1) is 0 Å². The molecule has 0 amide bonds. The molecule has 1 N–H and O–H groups in total. The van der Waals surface area contributed by atoms with Crippen molar-refractivity contribution in [2.75, 3.05) is 0 Å². The Morgan fingerprint density at radius 3 is 2.41 bits per heavy atom. The summed E-state index contributed by atoms with van der Waals surface area (Å²) in [5.74, 6) is -4.34. The summed E-state index contributed by atoms with van der Waals surface area (Å²) in [6.45, 7) is 0.629. The Hall–Kier alpha value is -2.56. The Labute approximate surface area is 123 Å². The number of benzene rings is 3. The molecule has 2 nitrogen and oxygen atoms in total. The van der Waals surface area contributed by atoms with E-state index in [1.807, 2.05) is 0 Å². The van der Waals surface area contributed by atoms with Crippen molar-refractivity contribution in [3.8, 4) is 0 Å². The van der Waals surface area contributed by atoms with Crippen molar-refractivity contribution in [2.24, 2.45) is 0 Å². The monoisotopic (exact) mass is 304 g/mol. The van der Waals surface area contributed by atoms with Gasteiger partial charge in [-0.05, 0) is 29.1 Å². The van der Waals surface area contributed by atoms with Crippen molar-refractivity contribution >= 4 is 27.5 Å². The molecule has 3 rings (SSSR count). The third kappa shape index (κ3) is 1.93.